The van der Waals surface area contributed by atoms with Crippen LogP contribution in [0.2, 0.25) is 5.02 Å². The smallest absolute Gasteiger partial charge is 0.248 e. The van der Waals surface area contributed by atoms with Crippen LogP contribution in [0, 0.1) is 13.8 Å². The number of carbonyl (C=O) groups is 2. The number of rotatable bonds is 5. The standard InChI is InChI=1S/C21H23ClN2O4S/c1-13-5-6-14(2)18(11-13)29(27,28)21(9-3-4-10-21)20(26)24-17-12-15(19(23)25)7-8-16(17)22/h5-8,11-12H,3-4,9-10H2,1-2H3,(H2,23,25)(H,24,26). The van der Waals surface area contributed by atoms with E-state index in [1.807, 2.05) is 13.0 Å². The Morgan fingerprint density at radius 2 is 1.72 bits per heavy atom. The highest BCUT2D eigenvalue weighted by Crippen LogP contribution is 2.42. The van der Waals surface area contributed by atoms with Gasteiger partial charge in [-0.3, -0.25) is 9.59 Å². The van der Waals surface area contributed by atoms with Crippen LogP contribution in [0.25, 0.3) is 0 Å². The number of sulfone groups is 1. The predicted octanol–water partition coefficient (Wildman–Crippen LogP) is 3.78. The number of halogens is 1. The van der Waals surface area contributed by atoms with Gasteiger partial charge in [-0.05, 0) is 62.1 Å². The molecule has 2 amide bonds. The first-order valence-electron chi connectivity index (χ1n) is 9.31. The molecule has 0 heterocycles. The number of carbonyl (C=O) groups excluding carboxylic acids is 2. The molecule has 0 unspecified atom stereocenters. The molecule has 0 spiro atoms. The van der Waals surface area contributed by atoms with Gasteiger partial charge >= 0.3 is 0 Å². The Morgan fingerprint density at radius 3 is 2.34 bits per heavy atom. The number of benzene rings is 2. The summed E-state index contributed by atoms with van der Waals surface area (Å²) in [6.07, 6.45) is 1.71. The fraction of sp³-hybridized carbons (Fsp3) is 0.333. The summed E-state index contributed by atoms with van der Waals surface area (Å²) in [5.41, 5.74) is 7.03. The number of amides is 2. The molecule has 1 aliphatic rings. The van der Waals surface area contributed by atoms with Crippen molar-refractivity contribution in [2.24, 2.45) is 5.73 Å². The summed E-state index contributed by atoms with van der Waals surface area (Å²) in [7, 11) is -3.96. The van der Waals surface area contributed by atoms with E-state index in [-0.39, 0.29) is 34.0 Å². The molecular weight excluding hydrogens is 412 g/mol. The van der Waals surface area contributed by atoms with Crippen LogP contribution in [0.4, 0.5) is 5.69 Å². The zero-order chi connectivity index (χ0) is 21.4. The molecule has 154 valence electrons. The second-order valence-corrected chi connectivity index (χ2v) is 10.1. The first kappa shape index (κ1) is 21.3. The third-order valence-corrected chi connectivity index (χ3v) is 8.44. The largest absolute Gasteiger partial charge is 0.366 e. The molecule has 1 saturated carbocycles. The van der Waals surface area contributed by atoms with Crippen molar-refractivity contribution in [3.8, 4) is 0 Å². The highest BCUT2D eigenvalue weighted by atomic mass is 35.5. The molecule has 0 atom stereocenters. The molecule has 0 saturated heterocycles. The molecule has 1 aliphatic carbocycles. The average molecular weight is 435 g/mol. The van der Waals surface area contributed by atoms with Crippen molar-refractivity contribution in [1.82, 2.24) is 0 Å². The van der Waals surface area contributed by atoms with Crippen LogP contribution in [0.1, 0.15) is 47.2 Å². The molecule has 8 heteroatoms. The number of anilines is 1. The Balaban J connectivity index is 2.06. The Hall–Kier alpha value is -2.38. The summed E-state index contributed by atoms with van der Waals surface area (Å²) in [6.45, 7) is 3.54. The molecule has 0 aliphatic heterocycles. The highest BCUT2D eigenvalue weighted by molar-refractivity contribution is 7.93. The van der Waals surface area contributed by atoms with Gasteiger partial charge in [-0.15, -0.1) is 0 Å². The van der Waals surface area contributed by atoms with E-state index in [2.05, 4.69) is 5.32 Å². The second-order valence-electron chi connectivity index (χ2n) is 7.49. The molecule has 29 heavy (non-hydrogen) atoms. The van der Waals surface area contributed by atoms with Crippen molar-refractivity contribution < 1.29 is 18.0 Å². The van der Waals surface area contributed by atoms with Crippen LogP contribution in [0.15, 0.2) is 41.3 Å². The van der Waals surface area contributed by atoms with E-state index < -0.39 is 26.4 Å². The maximum Gasteiger partial charge on any atom is 0.248 e. The summed E-state index contributed by atoms with van der Waals surface area (Å²) < 4.78 is 25.7. The lowest BCUT2D eigenvalue weighted by atomic mass is 10.1. The number of hydrogen-bond donors (Lipinski definition) is 2. The Kier molecular flexibility index (Phi) is 5.74. The summed E-state index contributed by atoms with van der Waals surface area (Å²) >= 11 is 6.16. The SMILES string of the molecule is Cc1ccc(C)c(S(=O)(=O)C2(C(=O)Nc3cc(C(N)=O)ccc3Cl)CCCC2)c1. The van der Waals surface area contributed by atoms with Crippen molar-refractivity contribution in [2.45, 2.75) is 49.2 Å². The lowest BCUT2D eigenvalue weighted by Crippen LogP contribution is -2.47. The van der Waals surface area contributed by atoms with Crippen molar-refractivity contribution in [3.63, 3.8) is 0 Å². The average Bonchev–Trinajstić information content (AvgIpc) is 3.17. The van der Waals surface area contributed by atoms with Crippen molar-refractivity contribution in [2.75, 3.05) is 5.32 Å². The van der Waals surface area contributed by atoms with Crippen LogP contribution in [0.3, 0.4) is 0 Å². The number of nitrogens with two attached hydrogens (primary N) is 1. The van der Waals surface area contributed by atoms with E-state index in [1.165, 1.54) is 18.2 Å². The number of primary amides is 1. The Morgan fingerprint density at radius 1 is 1.07 bits per heavy atom. The summed E-state index contributed by atoms with van der Waals surface area (Å²) in [5, 5.41) is 2.84. The third kappa shape index (κ3) is 3.76. The van der Waals surface area contributed by atoms with Crippen molar-refractivity contribution >= 4 is 38.9 Å². The van der Waals surface area contributed by atoms with Crippen molar-refractivity contribution in [3.05, 3.63) is 58.1 Å². The van der Waals surface area contributed by atoms with Gasteiger partial charge in [0.05, 0.1) is 15.6 Å². The van der Waals surface area contributed by atoms with Gasteiger partial charge in [-0.25, -0.2) is 8.42 Å². The normalized spacial score (nSPS) is 15.8. The quantitative estimate of drug-likeness (QED) is 0.746. The van der Waals surface area contributed by atoms with E-state index in [4.69, 9.17) is 17.3 Å². The van der Waals surface area contributed by atoms with Gasteiger partial charge in [0.2, 0.25) is 11.8 Å². The lowest BCUT2D eigenvalue weighted by molar-refractivity contribution is -0.118. The lowest BCUT2D eigenvalue weighted by Gasteiger charge is -2.28. The van der Waals surface area contributed by atoms with Gasteiger partial charge in [0.15, 0.2) is 14.6 Å². The first-order valence-corrected chi connectivity index (χ1v) is 11.2. The maximum absolute atomic E-state index is 13.7. The summed E-state index contributed by atoms with van der Waals surface area (Å²) in [5.74, 6) is -1.31. The van der Waals surface area contributed by atoms with E-state index in [9.17, 15) is 18.0 Å². The molecule has 2 aromatic rings. The van der Waals surface area contributed by atoms with Gasteiger partial charge < -0.3 is 11.1 Å². The number of aryl methyl sites for hydroxylation is 2. The van der Waals surface area contributed by atoms with Gasteiger partial charge in [0.25, 0.3) is 0 Å². The summed E-state index contributed by atoms with van der Waals surface area (Å²) in [6, 6.07) is 9.44. The van der Waals surface area contributed by atoms with Gasteiger partial charge in [-0.1, -0.05) is 36.6 Å². The first-order chi connectivity index (χ1) is 13.6. The summed E-state index contributed by atoms with van der Waals surface area (Å²) in [4.78, 5) is 24.9. The van der Waals surface area contributed by atoms with E-state index >= 15 is 0 Å². The molecule has 3 rings (SSSR count). The molecule has 3 N–H and O–H groups in total. The minimum absolute atomic E-state index is 0.162. The zero-order valence-corrected chi connectivity index (χ0v) is 17.9. The minimum Gasteiger partial charge on any atom is -0.366 e. The molecule has 2 aromatic carbocycles. The molecule has 1 fully saturated rings. The van der Waals surface area contributed by atoms with Crippen LogP contribution >= 0.6 is 11.6 Å². The number of hydrogen-bond acceptors (Lipinski definition) is 4. The fourth-order valence-electron chi connectivity index (χ4n) is 3.78. The number of nitrogens with one attached hydrogen (secondary N) is 1. The molecule has 0 bridgehead atoms. The highest BCUT2D eigenvalue weighted by Gasteiger charge is 2.53. The molecule has 0 radical (unpaired) electrons. The van der Waals surface area contributed by atoms with E-state index in [0.717, 1.165) is 5.56 Å². The molecule has 0 aromatic heterocycles. The van der Waals surface area contributed by atoms with Gasteiger partial charge in [-0.2, -0.15) is 0 Å². The Bertz CT molecular complexity index is 1090. The van der Waals surface area contributed by atoms with Gasteiger partial charge in [0.1, 0.15) is 0 Å². The van der Waals surface area contributed by atoms with Crippen LogP contribution < -0.4 is 11.1 Å². The van der Waals surface area contributed by atoms with E-state index in [0.29, 0.717) is 18.4 Å². The van der Waals surface area contributed by atoms with Crippen molar-refractivity contribution in [1.29, 1.82) is 0 Å². The third-order valence-electron chi connectivity index (χ3n) is 5.47. The van der Waals surface area contributed by atoms with Gasteiger partial charge in [0, 0.05) is 5.56 Å². The Labute approximate surface area is 175 Å². The molecular formula is C21H23ClN2O4S. The van der Waals surface area contributed by atoms with Crippen LogP contribution in [0.5, 0.6) is 0 Å². The molecule has 6 nitrogen and oxygen atoms in total. The zero-order valence-electron chi connectivity index (χ0n) is 16.3. The topological polar surface area (TPSA) is 106 Å². The second kappa shape index (κ2) is 7.80. The van der Waals surface area contributed by atoms with E-state index in [1.54, 1.807) is 19.1 Å². The minimum atomic E-state index is -3.96. The maximum atomic E-state index is 13.7. The fourth-order valence-corrected chi connectivity index (χ4v) is 6.32. The monoisotopic (exact) mass is 434 g/mol. The van der Waals surface area contributed by atoms with Crippen LogP contribution in [-0.2, 0) is 14.6 Å². The predicted molar refractivity (Wildman–Crippen MR) is 113 cm³/mol. The van der Waals surface area contributed by atoms with Crippen LogP contribution in [-0.4, -0.2) is 25.0 Å².